The van der Waals surface area contributed by atoms with Crippen LogP contribution in [-0.2, 0) is 9.84 Å². The summed E-state index contributed by atoms with van der Waals surface area (Å²) in [6.07, 6.45) is 0. The molecule has 21 heavy (non-hydrogen) atoms. The Morgan fingerprint density at radius 1 is 1.05 bits per heavy atom. The van der Waals surface area contributed by atoms with Crippen LogP contribution in [0.2, 0.25) is 0 Å². The van der Waals surface area contributed by atoms with Gasteiger partial charge in [0, 0.05) is 11.4 Å². The van der Waals surface area contributed by atoms with Crippen LogP contribution in [0.25, 0.3) is 0 Å². The van der Waals surface area contributed by atoms with E-state index in [2.05, 4.69) is 5.32 Å². The number of methoxy groups -OCH3 is 1. The standard InChI is InChI=1S/C16H17NO3S/c1-13(17-14-8-10-15(20-2)11-9-14)12-21(18,19)16-6-4-3-5-7-16/h3-12,17H,1-2H3. The Morgan fingerprint density at radius 3 is 2.24 bits per heavy atom. The Morgan fingerprint density at radius 2 is 1.67 bits per heavy atom. The zero-order chi connectivity index (χ0) is 15.3. The number of sulfone groups is 1. The second kappa shape index (κ2) is 6.45. The van der Waals surface area contributed by atoms with E-state index in [1.165, 1.54) is 5.41 Å². The van der Waals surface area contributed by atoms with E-state index in [1.54, 1.807) is 56.5 Å². The second-order valence-corrected chi connectivity index (χ2v) is 6.31. The van der Waals surface area contributed by atoms with Crippen molar-refractivity contribution in [1.82, 2.24) is 0 Å². The number of ether oxygens (including phenoxy) is 1. The quantitative estimate of drug-likeness (QED) is 0.919. The summed E-state index contributed by atoms with van der Waals surface area (Å²) < 4.78 is 29.5. The van der Waals surface area contributed by atoms with Crippen molar-refractivity contribution in [2.24, 2.45) is 0 Å². The Labute approximate surface area is 125 Å². The highest BCUT2D eigenvalue weighted by atomic mass is 32.2. The molecule has 4 nitrogen and oxygen atoms in total. The summed E-state index contributed by atoms with van der Waals surface area (Å²) >= 11 is 0. The molecule has 0 heterocycles. The largest absolute Gasteiger partial charge is 0.497 e. The molecule has 0 fully saturated rings. The van der Waals surface area contributed by atoms with Crippen molar-refractivity contribution in [3.8, 4) is 5.75 Å². The highest BCUT2D eigenvalue weighted by Gasteiger charge is 2.10. The van der Waals surface area contributed by atoms with E-state index < -0.39 is 9.84 Å². The molecule has 0 aliphatic heterocycles. The summed E-state index contributed by atoms with van der Waals surface area (Å²) in [5, 5.41) is 4.27. The van der Waals surface area contributed by atoms with Crippen molar-refractivity contribution in [3.63, 3.8) is 0 Å². The Hall–Kier alpha value is -2.27. The normalized spacial score (nSPS) is 12.0. The van der Waals surface area contributed by atoms with E-state index in [9.17, 15) is 8.42 Å². The number of allylic oxidation sites excluding steroid dienone is 1. The van der Waals surface area contributed by atoms with Gasteiger partial charge in [0.25, 0.3) is 0 Å². The highest BCUT2D eigenvalue weighted by Crippen LogP contribution is 2.18. The van der Waals surface area contributed by atoms with Crippen LogP contribution >= 0.6 is 0 Å². The maximum Gasteiger partial charge on any atom is 0.201 e. The molecular weight excluding hydrogens is 286 g/mol. The van der Waals surface area contributed by atoms with Crippen molar-refractivity contribution in [3.05, 3.63) is 65.7 Å². The van der Waals surface area contributed by atoms with E-state index in [4.69, 9.17) is 4.74 Å². The third-order valence-electron chi connectivity index (χ3n) is 2.84. The van der Waals surface area contributed by atoms with Crippen LogP contribution in [0.1, 0.15) is 6.92 Å². The maximum atomic E-state index is 12.2. The molecule has 0 saturated carbocycles. The van der Waals surface area contributed by atoms with Gasteiger partial charge in [-0.1, -0.05) is 18.2 Å². The Kier molecular flexibility index (Phi) is 4.65. The Balaban J connectivity index is 2.17. The van der Waals surface area contributed by atoms with Crippen molar-refractivity contribution < 1.29 is 13.2 Å². The lowest BCUT2D eigenvalue weighted by atomic mass is 10.3. The van der Waals surface area contributed by atoms with E-state index in [0.29, 0.717) is 5.70 Å². The fourth-order valence-electron chi connectivity index (χ4n) is 1.84. The van der Waals surface area contributed by atoms with Crippen LogP contribution in [0, 0.1) is 0 Å². The fraction of sp³-hybridized carbons (Fsp3) is 0.125. The SMILES string of the molecule is COc1ccc(NC(C)=CS(=O)(=O)c2ccccc2)cc1. The first kappa shape index (κ1) is 15.1. The molecular formula is C16H17NO3S. The minimum atomic E-state index is -3.44. The van der Waals surface area contributed by atoms with E-state index >= 15 is 0 Å². The minimum absolute atomic E-state index is 0.279. The number of anilines is 1. The predicted octanol–water partition coefficient (Wildman–Crippen LogP) is 3.44. The first-order valence-corrected chi connectivity index (χ1v) is 7.95. The van der Waals surface area contributed by atoms with Crippen molar-refractivity contribution in [1.29, 1.82) is 0 Å². The second-order valence-electron chi connectivity index (χ2n) is 4.51. The molecule has 110 valence electrons. The van der Waals surface area contributed by atoms with Gasteiger partial charge in [0.1, 0.15) is 5.75 Å². The first-order valence-electron chi connectivity index (χ1n) is 6.41. The molecule has 2 aromatic rings. The van der Waals surface area contributed by atoms with Crippen LogP contribution < -0.4 is 10.1 Å². The van der Waals surface area contributed by atoms with Crippen molar-refractivity contribution >= 4 is 15.5 Å². The summed E-state index contributed by atoms with van der Waals surface area (Å²) in [4.78, 5) is 0.279. The highest BCUT2D eigenvalue weighted by molar-refractivity contribution is 7.94. The molecule has 0 aromatic heterocycles. The third-order valence-corrected chi connectivity index (χ3v) is 4.43. The number of benzene rings is 2. The minimum Gasteiger partial charge on any atom is -0.497 e. The summed E-state index contributed by atoms with van der Waals surface area (Å²) in [7, 11) is -1.84. The van der Waals surface area contributed by atoms with Crippen LogP contribution in [-0.4, -0.2) is 15.5 Å². The summed E-state index contributed by atoms with van der Waals surface area (Å²) in [5.74, 6) is 0.749. The molecule has 1 N–H and O–H groups in total. The van der Waals surface area contributed by atoms with Crippen LogP contribution in [0.15, 0.2) is 70.6 Å². The van der Waals surface area contributed by atoms with E-state index in [1.807, 2.05) is 12.1 Å². The molecule has 0 aliphatic carbocycles. The predicted molar refractivity (Wildman–Crippen MR) is 84.0 cm³/mol. The molecule has 0 amide bonds. The van der Waals surface area contributed by atoms with Crippen molar-refractivity contribution in [2.75, 3.05) is 12.4 Å². The zero-order valence-electron chi connectivity index (χ0n) is 11.9. The summed E-state index contributed by atoms with van der Waals surface area (Å²) in [6.45, 7) is 1.71. The van der Waals surface area contributed by atoms with Crippen molar-refractivity contribution in [2.45, 2.75) is 11.8 Å². The molecule has 0 aliphatic rings. The molecule has 0 spiro atoms. The smallest absolute Gasteiger partial charge is 0.201 e. The monoisotopic (exact) mass is 303 g/mol. The van der Waals surface area contributed by atoms with E-state index in [-0.39, 0.29) is 4.90 Å². The van der Waals surface area contributed by atoms with Gasteiger partial charge in [-0.2, -0.15) is 0 Å². The molecule has 0 unspecified atom stereocenters. The lowest BCUT2D eigenvalue weighted by Crippen LogP contribution is -2.02. The summed E-state index contributed by atoms with van der Waals surface area (Å²) in [5.41, 5.74) is 1.34. The average molecular weight is 303 g/mol. The Bertz CT molecular complexity index is 720. The van der Waals surface area contributed by atoms with Gasteiger partial charge < -0.3 is 10.1 Å². The van der Waals surface area contributed by atoms with Gasteiger partial charge in [-0.25, -0.2) is 8.42 Å². The lowest BCUT2D eigenvalue weighted by Gasteiger charge is -2.08. The maximum absolute atomic E-state index is 12.2. The van der Waals surface area contributed by atoms with Gasteiger partial charge >= 0.3 is 0 Å². The van der Waals surface area contributed by atoms with Crippen LogP contribution in [0.3, 0.4) is 0 Å². The summed E-state index contributed by atoms with van der Waals surface area (Å²) in [6, 6.07) is 15.6. The fourth-order valence-corrected chi connectivity index (χ4v) is 3.04. The van der Waals surface area contributed by atoms with E-state index in [0.717, 1.165) is 11.4 Å². The molecule has 0 saturated heterocycles. The van der Waals surface area contributed by atoms with Gasteiger partial charge in [0.05, 0.1) is 17.4 Å². The number of rotatable bonds is 5. The van der Waals surface area contributed by atoms with Gasteiger partial charge in [0.2, 0.25) is 9.84 Å². The number of hydrogen-bond donors (Lipinski definition) is 1. The molecule has 2 rings (SSSR count). The van der Waals surface area contributed by atoms with Gasteiger partial charge in [-0.05, 0) is 43.3 Å². The average Bonchev–Trinajstić information content (AvgIpc) is 2.48. The topological polar surface area (TPSA) is 55.4 Å². The molecule has 0 bridgehead atoms. The molecule has 0 atom stereocenters. The molecule has 2 aromatic carbocycles. The number of nitrogens with one attached hydrogen (secondary N) is 1. The van der Waals surface area contributed by atoms with Gasteiger partial charge in [0.15, 0.2) is 0 Å². The number of hydrogen-bond acceptors (Lipinski definition) is 4. The van der Waals surface area contributed by atoms with Crippen LogP contribution in [0.4, 0.5) is 5.69 Å². The third kappa shape index (κ3) is 4.10. The molecule has 0 radical (unpaired) electrons. The first-order chi connectivity index (χ1) is 10.0. The zero-order valence-corrected chi connectivity index (χ0v) is 12.7. The van der Waals surface area contributed by atoms with Gasteiger partial charge in [-0.3, -0.25) is 0 Å². The molecule has 5 heteroatoms. The van der Waals surface area contributed by atoms with Gasteiger partial charge in [-0.15, -0.1) is 0 Å². The van der Waals surface area contributed by atoms with Crippen LogP contribution in [0.5, 0.6) is 5.75 Å². The lowest BCUT2D eigenvalue weighted by molar-refractivity contribution is 0.415.